The monoisotopic (exact) mass is 279 g/mol. The lowest BCUT2D eigenvalue weighted by Gasteiger charge is -2.17. The number of carboxylic acids is 1. The molecule has 6 nitrogen and oxygen atoms in total. The Hall–Kier alpha value is -1.92. The van der Waals surface area contributed by atoms with Crippen LogP contribution in [0.3, 0.4) is 0 Å². The summed E-state index contributed by atoms with van der Waals surface area (Å²) >= 11 is 0. The van der Waals surface area contributed by atoms with Crippen molar-refractivity contribution in [1.82, 2.24) is 5.32 Å². The summed E-state index contributed by atoms with van der Waals surface area (Å²) in [5.41, 5.74) is 12.1. The maximum atomic E-state index is 11.9. The summed E-state index contributed by atoms with van der Waals surface area (Å²) in [6, 6.07) is 7.64. The van der Waals surface area contributed by atoms with Gasteiger partial charge in [-0.15, -0.1) is 0 Å². The summed E-state index contributed by atoms with van der Waals surface area (Å²) in [5, 5.41) is 11.5. The maximum absolute atomic E-state index is 11.9. The molecule has 0 aliphatic rings. The van der Waals surface area contributed by atoms with E-state index in [0.717, 1.165) is 5.56 Å². The summed E-state index contributed by atoms with van der Waals surface area (Å²) in [5.74, 6) is -1.53. The number of amides is 1. The zero-order chi connectivity index (χ0) is 15.0. The van der Waals surface area contributed by atoms with Crippen LogP contribution in [0.15, 0.2) is 30.3 Å². The lowest BCUT2D eigenvalue weighted by molar-refractivity contribution is -0.142. The van der Waals surface area contributed by atoms with E-state index in [-0.39, 0.29) is 0 Å². The zero-order valence-electron chi connectivity index (χ0n) is 11.3. The zero-order valence-corrected chi connectivity index (χ0v) is 11.3. The van der Waals surface area contributed by atoms with Crippen LogP contribution in [0.5, 0.6) is 0 Å². The van der Waals surface area contributed by atoms with Crippen LogP contribution in [-0.4, -0.2) is 35.6 Å². The molecular weight excluding hydrogens is 258 g/mol. The molecule has 0 bridgehead atoms. The molecule has 0 saturated heterocycles. The fourth-order valence-corrected chi connectivity index (χ4v) is 1.82. The van der Waals surface area contributed by atoms with Gasteiger partial charge in [0.05, 0.1) is 6.04 Å². The van der Waals surface area contributed by atoms with Gasteiger partial charge in [-0.25, -0.2) is 4.79 Å². The lowest BCUT2D eigenvalue weighted by atomic mass is 10.1. The summed E-state index contributed by atoms with van der Waals surface area (Å²) in [6.45, 7) is 0.385. The fraction of sp³-hybridized carbons (Fsp3) is 0.429. The van der Waals surface area contributed by atoms with Crippen molar-refractivity contribution in [3.05, 3.63) is 35.9 Å². The predicted octanol–water partition coefficient (Wildman–Crippen LogP) is -0.135. The minimum atomic E-state index is -1.07. The van der Waals surface area contributed by atoms with Crippen molar-refractivity contribution in [1.29, 1.82) is 0 Å². The fourth-order valence-electron chi connectivity index (χ4n) is 1.82. The minimum Gasteiger partial charge on any atom is -0.480 e. The largest absolute Gasteiger partial charge is 0.480 e. The molecule has 0 aliphatic heterocycles. The third-order valence-corrected chi connectivity index (χ3v) is 2.95. The van der Waals surface area contributed by atoms with E-state index in [2.05, 4.69) is 5.32 Å². The first-order valence-electron chi connectivity index (χ1n) is 6.57. The number of carbonyl (C=O) groups excluding carboxylic acids is 1. The van der Waals surface area contributed by atoms with E-state index in [1.54, 1.807) is 0 Å². The van der Waals surface area contributed by atoms with E-state index in [1.165, 1.54) is 0 Å². The lowest BCUT2D eigenvalue weighted by Crippen LogP contribution is -2.49. The topological polar surface area (TPSA) is 118 Å². The Labute approximate surface area is 118 Å². The van der Waals surface area contributed by atoms with Crippen molar-refractivity contribution >= 4 is 11.9 Å². The molecular formula is C14H21N3O3. The number of nitrogens with two attached hydrogens (primary N) is 2. The summed E-state index contributed by atoms with van der Waals surface area (Å²) in [7, 11) is 0. The second-order valence-corrected chi connectivity index (χ2v) is 4.63. The molecule has 0 saturated carbocycles. The average molecular weight is 279 g/mol. The van der Waals surface area contributed by atoms with E-state index >= 15 is 0 Å². The van der Waals surface area contributed by atoms with Gasteiger partial charge in [0.25, 0.3) is 0 Å². The van der Waals surface area contributed by atoms with Gasteiger partial charge >= 0.3 is 5.97 Å². The van der Waals surface area contributed by atoms with Crippen molar-refractivity contribution in [2.24, 2.45) is 11.5 Å². The highest BCUT2D eigenvalue weighted by molar-refractivity contribution is 5.86. The Morgan fingerprint density at radius 2 is 1.90 bits per heavy atom. The highest BCUT2D eigenvalue weighted by Crippen LogP contribution is 2.03. The van der Waals surface area contributed by atoms with E-state index in [1.807, 2.05) is 30.3 Å². The summed E-state index contributed by atoms with van der Waals surface area (Å²) in [4.78, 5) is 22.9. The Kier molecular flexibility index (Phi) is 6.69. The van der Waals surface area contributed by atoms with E-state index in [9.17, 15) is 9.59 Å². The second kappa shape index (κ2) is 8.29. The van der Waals surface area contributed by atoms with Gasteiger partial charge in [0.1, 0.15) is 6.04 Å². The number of hydrogen-bond acceptors (Lipinski definition) is 4. The number of aliphatic carboxylic acids is 1. The molecule has 0 spiro atoms. The standard InChI is InChI=1S/C14H21N3O3/c15-8-4-7-12(14(19)20)17-13(18)11(16)9-10-5-2-1-3-6-10/h1-3,5-6,11-12H,4,7-9,15-16H2,(H,17,18)(H,19,20)/t11-,12-/m0/s1. The molecule has 0 unspecified atom stereocenters. The highest BCUT2D eigenvalue weighted by atomic mass is 16.4. The number of carbonyl (C=O) groups is 2. The molecule has 0 aromatic heterocycles. The van der Waals surface area contributed by atoms with Gasteiger partial charge in [-0.3, -0.25) is 4.79 Å². The molecule has 1 aromatic carbocycles. The number of rotatable bonds is 8. The van der Waals surface area contributed by atoms with Gasteiger partial charge in [-0.05, 0) is 31.4 Å². The molecule has 2 atom stereocenters. The van der Waals surface area contributed by atoms with Gasteiger partial charge in [-0.2, -0.15) is 0 Å². The average Bonchev–Trinajstić information content (AvgIpc) is 2.43. The third kappa shape index (κ3) is 5.38. The van der Waals surface area contributed by atoms with Crippen LogP contribution in [-0.2, 0) is 16.0 Å². The summed E-state index contributed by atoms with van der Waals surface area (Å²) < 4.78 is 0. The van der Waals surface area contributed by atoms with Crippen molar-refractivity contribution < 1.29 is 14.7 Å². The Morgan fingerprint density at radius 3 is 2.45 bits per heavy atom. The molecule has 0 aliphatic carbocycles. The van der Waals surface area contributed by atoms with Crippen LogP contribution in [0.4, 0.5) is 0 Å². The maximum Gasteiger partial charge on any atom is 0.326 e. The van der Waals surface area contributed by atoms with Crippen LogP contribution in [0, 0.1) is 0 Å². The van der Waals surface area contributed by atoms with Crippen LogP contribution in [0.25, 0.3) is 0 Å². The Morgan fingerprint density at radius 1 is 1.25 bits per heavy atom. The first kappa shape index (κ1) is 16.1. The van der Waals surface area contributed by atoms with Crippen LogP contribution in [0.2, 0.25) is 0 Å². The van der Waals surface area contributed by atoms with Crippen LogP contribution < -0.4 is 16.8 Å². The predicted molar refractivity (Wildman–Crippen MR) is 76.0 cm³/mol. The quantitative estimate of drug-likeness (QED) is 0.528. The van der Waals surface area contributed by atoms with E-state index in [4.69, 9.17) is 16.6 Å². The Bertz CT molecular complexity index is 437. The van der Waals surface area contributed by atoms with Gasteiger partial charge in [0, 0.05) is 0 Å². The minimum absolute atomic E-state index is 0.301. The van der Waals surface area contributed by atoms with Gasteiger partial charge in [0.15, 0.2) is 0 Å². The van der Waals surface area contributed by atoms with Crippen LogP contribution >= 0.6 is 0 Å². The first-order chi connectivity index (χ1) is 9.54. The van der Waals surface area contributed by atoms with Crippen molar-refractivity contribution in [3.63, 3.8) is 0 Å². The molecule has 6 heteroatoms. The highest BCUT2D eigenvalue weighted by Gasteiger charge is 2.22. The first-order valence-corrected chi connectivity index (χ1v) is 6.57. The molecule has 1 amide bonds. The number of hydrogen-bond donors (Lipinski definition) is 4. The number of carboxylic acid groups (broad SMARTS) is 1. The molecule has 0 radical (unpaired) electrons. The van der Waals surface area contributed by atoms with Crippen molar-refractivity contribution in [3.8, 4) is 0 Å². The molecule has 110 valence electrons. The van der Waals surface area contributed by atoms with Crippen molar-refractivity contribution in [2.45, 2.75) is 31.3 Å². The molecule has 0 heterocycles. The molecule has 20 heavy (non-hydrogen) atoms. The second-order valence-electron chi connectivity index (χ2n) is 4.63. The van der Waals surface area contributed by atoms with Crippen LogP contribution in [0.1, 0.15) is 18.4 Å². The van der Waals surface area contributed by atoms with Gasteiger partial charge in [-0.1, -0.05) is 30.3 Å². The number of nitrogens with one attached hydrogen (secondary N) is 1. The molecule has 1 aromatic rings. The summed E-state index contributed by atoms with van der Waals surface area (Å²) in [6.07, 6.45) is 1.21. The smallest absolute Gasteiger partial charge is 0.326 e. The molecule has 6 N–H and O–H groups in total. The SMILES string of the molecule is NCCC[C@H](NC(=O)[C@@H](N)Cc1ccccc1)C(=O)O. The van der Waals surface area contributed by atoms with Gasteiger partial charge in [0.2, 0.25) is 5.91 Å². The van der Waals surface area contributed by atoms with E-state index < -0.39 is 24.0 Å². The van der Waals surface area contributed by atoms with Crippen molar-refractivity contribution in [2.75, 3.05) is 6.54 Å². The molecule has 0 fully saturated rings. The third-order valence-electron chi connectivity index (χ3n) is 2.95. The normalized spacial score (nSPS) is 13.5. The van der Waals surface area contributed by atoms with E-state index in [0.29, 0.717) is 25.8 Å². The Balaban J connectivity index is 2.53. The van der Waals surface area contributed by atoms with Gasteiger partial charge < -0.3 is 21.9 Å². The molecule has 1 rings (SSSR count). The number of benzene rings is 1.